The Hall–Kier alpha value is -7.64. The number of carbonyl (C=O) groups excluding carboxylic acids is 2. The van der Waals surface area contributed by atoms with Crippen molar-refractivity contribution in [3.8, 4) is 57.2 Å². The Kier molecular flexibility index (Phi) is 23.0. The van der Waals surface area contributed by atoms with Crippen molar-refractivity contribution in [2.75, 3.05) is 0 Å². The summed E-state index contributed by atoms with van der Waals surface area (Å²) >= 11 is 25.1. The molecule has 0 saturated carbocycles. The molecule has 0 atom stereocenters. The fraction of sp³-hybridized carbons (Fsp3) is 0.152. The quantitative estimate of drug-likeness (QED) is 0.0982. The van der Waals surface area contributed by atoms with Gasteiger partial charge in [-0.25, -0.2) is 9.59 Å². The number of aromatic nitrogens is 4. The molecule has 17 heteroatoms. The zero-order valence-electron chi connectivity index (χ0n) is 46.3. The summed E-state index contributed by atoms with van der Waals surface area (Å²) < 4.78 is 21.8. The van der Waals surface area contributed by atoms with E-state index in [0.717, 1.165) is 33.4 Å². The molecule has 0 aliphatic carbocycles. The molecule has 0 amide bonds. The van der Waals surface area contributed by atoms with E-state index in [1.54, 1.807) is 60.7 Å². The normalized spacial score (nSPS) is 10.8. The van der Waals surface area contributed by atoms with Gasteiger partial charge >= 0.3 is 38.1 Å². The van der Waals surface area contributed by atoms with Crippen molar-refractivity contribution in [1.82, 2.24) is 20.3 Å². The van der Waals surface area contributed by atoms with Crippen LogP contribution in [0.4, 0.5) is 0 Å². The minimum Gasteiger partial charge on any atom is -0.506 e. The molecular weight excluding hydrogens is 1210 g/mol. The molecule has 422 valence electrons. The number of aromatic hydroxyl groups is 2. The van der Waals surface area contributed by atoms with E-state index in [0.29, 0.717) is 31.2 Å². The van der Waals surface area contributed by atoms with Crippen LogP contribution < -0.4 is 0 Å². The smallest absolute Gasteiger partial charge is 0.506 e. The van der Waals surface area contributed by atoms with Gasteiger partial charge in [-0.2, -0.15) is 59.2 Å². The maximum absolute atomic E-state index is 12.9. The van der Waals surface area contributed by atoms with Crippen molar-refractivity contribution in [2.24, 2.45) is 0 Å². The summed E-state index contributed by atoms with van der Waals surface area (Å²) in [5, 5.41) is 31.4. The van der Waals surface area contributed by atoms with E-state index in [1.165, 1.54) is 0 Å². The maximum Gasteiger partial charge on any atom is 2.00 e. The van der Waals surface area contributed by atoms with Gasteiger partial charge in [0, 0.05) is 0 Å². The van der Waals surface area contributed by atoms with Gasteiger partial charge in [0.15, 0.2) is 0 Å². The Morgan fingerprint density at radius 1 is 0.470 bits per heavy atom. The fourth-order valence-corrected chi connectivity index (χ4v) is 8.75. The van der Waals surface area contributed by atoms with Crippen molar-refractivity contribution in [1.29, 1.82) is 0 Å². The van der Waals surface area contributed by atoms with Gasteiger partial charge in [0.2, 0.25) is 11.6 Å². The molecule has 10 aromatic rings. The summed E-state index contributed by atoms with van der Waals surface area (Å²) in [6.07, 6.45) is 0. The van der Waals surface area contributed by atoms with Crippen LogP contribution in [0.2, 0.25) is 20.1 Å². The molecule has 0 aliphatic heterocycles. The van der Waals surface area contributed by atoms with Crippen molar-refractivity contribution in [3.63, 3.8) is 0 Å². The van der Waals surface area contributed by atoms with Crippen LogP contribution in [0.5, 0.6) is 11.5 Å². The monoisotopic (exact) mass is 1260 g/mol. The average molecular weight is 1270 g/mol. The first-order chi connectivity index (χ1) is 39.1. The first-order valence-electron chi connectivity index (χ1n) is 25.6. The minimum atomic E-state index is -0.664. The summed E-state index contributed by atoms with van der Waals surface area (Å²) in [5.74, 6) is -1.58. The third-order valence-electron chi connectivity index (χ3n) is 12.2. The Labute approximate surface area is 522 Å². The minimum absolute atomic E-state index is 0. The number of rotatable bonds is 10. The molecule has 10 rings (SSSR count). The first-order valence-corrected chi connectivity index (χ1v) is 27.1. The second-order valence-electron chi connectivity index (χ2n) is 20.5. The first kappa shape index (κ1) is 64.5. The van der Waals surface area contributed by atoms with Gasteiger partial charge < -0.3 is 28.7 Å². The van der Waals surface area contributed by atoms with Crippen LogP contribution in [-0.4, -0.2) is 42.4 Å². The summed E-state index contributed by atoms with van der Waals surface area (Å²) in [5.41, 5.74) is 5.95. The van der Waals surface area contributed by atoms with E-state index in [-0.39, 0.29) is 107 Å². The maximum atomic E-state index is 12.9. The van der Waals surface area contributed by atoms with Crippen LogP contribution in [0.15, 0.2) is 191 Å². The SMILES string of the molecule is CC(C)(C)c1cc(C(=O)OCc2ccccc2)c(O)c(-c2nc(-c3c(Cl)cccc3Cl)no2)c1.CC(C)(C)c1cc(C(=O)OCc2ccccc2)c(O)c(-c2nc(-c3c(Cl)cccc3Cl)no2)c1.[CH2-]c1ccccc1.[CH2-]c1ccccc1.[Zr+2]. The second-order valence-corrected chi connectivity index (χ2v) is 22.1. The van der Waals surface area contributed by atoms with Crippen LogP contribution in [0.25, 0.3) is 45.7 Å². The van der Waals surface area contributed by atoms with Crippen molar-refractivity contribution in [3.05, 3.63) is 260 Å². The van der Waals surface area contributed by atoms with Gasteiger partial charge in [-0.15, -0.1) is 24.3 Å². The molecule has 0 aliphatic rings. The van der Waals surface area contributed by atoms with Gasteiger partial charge in [-0.3, -0.25) is 0 Å². The molecule has 0 fully saturated rings. The summed E-state index contributed by atoms with van der Waals surface area (Å²) in [6.45, 7) is 19.5. The topological polar surface area (TPSA) is 171 Å². The van der Waals surface area contributed by atoms with Crippen LogP contribution in [0.3, 0.4) is 0 Å². The fourth-order valence-electron chi connectivity index (χ4n) is 7.62. The van der Waals surface area contributed by atoms with Crippen molar-refractivity contribution in [2.45, 2.75) is 65.6 Å². The zero-order valence-corrected chi connectivity index (χ0v) is 51.8. The van der Waals surface area contributed by atoms with Gasteiger partial charge in [0.25, 0.3) is 11.8 Å². The van der Waals surface area contributed by atoms with Gasteiger partial charge in [-0.1, -0.05) is 183 Å². The van der Waals surface area contributed by atoms with E-state index in [1.807, 2.05) is 163 Å². The number of phenolic OH excluding ortho intramolecular Hbond substituents is 2. The Morgan fingerprint density at radius 2 is 0.771 bits per heavy atom. The predicted octanol–water partition coefficient (Wildman–Crippen LogP) is 17.9. The van der Waals surface area contributed by atoms with Crippen LogP contribution in [0.1, 0.15) is 95.6 Å². The summed E-state index contributed by atoms with van der Waals surface area (Å²) in [7, 11) is 0. The molecule has 2 N–H and O–H groups in total. The molecule has 0 unspecified atom stereocenters. The standard InChI is InChI=1S/2C26H22Cl2N2O4.2C7H7.Zr/c2*1-26(2,3)16-12-17(24-29-23(30-34-24)21-19(27)10-7-11-20(21)28)22(31)18(13-16)25(32)33-14-15-8-5-4-6-9-15;2*1-7-5-3-2-4-6-7;/h2*4-13,31H,14H2,1-3H3;2*2-6H,1H2;/q;;2*-1;+2. The molecule has 2 aromatic heterocycles. The second kappa shape index (κ2) is 29.6. The molecule has 0 radical (unpaired) electrons. The Bertz CT molecular complexity index is 3470. The molecule has 12 nitrogen and oxygen atoms in total. The van der Waals surface area contributed by atoms with Gasteiger partial charge in [-0.05, 0) is 81.6 Å². The summed E-state index contributed by atoms with van der Waals surface area (Å²) in [6, 6.07) is 55.1. The van der Waals surface area contributed by atoms with E-state index in [4.69, 9.17) is 64.9 Å². The average Bonchev–Trinajstić information content (AvgIpc) is 4.38. The third-order valence-corrected chi connectivity index (χ3v) is 13.4. The molecule has 8 aromatic carbocycles. The number of esters is 2. The molecule has 2 heterocycles. The van der Waals surface area contributed by atoms with Crippen molar-refractivity contribution < 1.29 is 64.5 Å². The Morgan fingerprint density at radius 3 is 1.05 bits per heavy atom. The summed E-state index contributed by atoms with van der Waals surface area (Å²) in [4.78, 5) is 34.7. The number of hydrogen-bond donors (Lipinski definition) is 2. The number of ether oxygens (including phenoxy) is 2. The number of benzene rings is 8. The van der Waals surface area contributed by atoms with Gasteiger partial charge in [0.1, 0.15) is 35.8 Å². The zero-order chi connectivity index (χ0) is 59.1. The van der Waals surface area contributed by atoms with Crippen LogP contribution in [0, 0.1) is 13.8 Å². The number of halogens is 4. The predicted molar refractivity (Wildman–Crippen MR) is 324 cm³/mol. The molecule has 0 saturated heterocycles. The Balaban J connectivity index is 0.000000213. The number of hydrogen-bond acceptors (Lipinski definition) is 12. The van der Waals surface area contributed by atoms with Crippen molar-refractivity contribution >= 4 is 58.3 Å². The van der Waals surface area contributed by atoms with E-state index in [2.05, 4.69) is 34.1 Å². The molecule has 0 bridgehead atoms. The number of phenols is 2. The molecule has 0 spiro atoms. The molecule has 83 heavy (non-hydrogen) atoms. The van der Waals surface area contributed by atoms with E-state index < -0.39 is 11.9 Å². The van der Waals surface area contributed by atoms with E-state index in [9.17, 15) is 19.8 Å². The van der Waals surface area contributed by atoms with Gasteiger partial charge in [0.05, 0.1) is 42.3 Å². The largest absolute Gasteiger partial charge is 2.00 e. The molecular formula is C66H58Cl4N4O8Zr. The van der Waals surface area contributed by atoms with Crippen LogP contribution >= 0.6 is 46.4 Å². The third kappa shape index (κ3) is 17.7. The number of nitrogens with zero attached hydrogens (tertiary/aromatic N) is 4. The number of carbonyl (C=O) groups is 2. The van der Waals surface area contributed by atoms with E-state index >= 15 is 0 Å². The van der Waals surface area contributed by atoms with Crippen LogP contribution in [-0.2, 0) is 59.7 Å².